The maximum absolute atomic E-state index is 13.0. The molecule has 3 nitrogen and oxygen atoms in total. The van der Waals surface area contributed by atoms with Crippen molar-refractivity contribution in [2.45, 2.75) is 0 Å². The van der Waals surface area contributed by atoms with Crippen LogP contribution in [0.25, 0.3) is 0 Å². The summed E-state index contributed by atoms with van der Waals surface area (Å²) in [6.07, 6.45) is 0. The lowest BCUT2D eigenvalue weighted by molar-refractivity contribution is 0.429. The largest absolute Gasteiger partial charge is 0.430 e. The van der Waals surface area contributed by atoms with Gasteiger partial charge in [0.2, 0.25) is 0 Å². The van der Waals surface area contributed by atoms with E-state index < -0.39 is 7.52 Å². The second kappa shape index (κ2) is 5.38. The summed E-state index contributed by atoms with van der Waals surface area (Å²) < 4.78 is 20.4. The van der Waals surface area contributed by atoms with Crippen molar-refractivity contribution in [3.8, 4) is 5.75 Å². The first kappa shape index (κ1) is 12.9. The molecule has 0 saturated heterocycles. The van der Waals surface area contributed by atoms with Crippen LogP contribution in [-0.4, -0.2) is 18.8 Å². The summed E-state index contributed by atoms with van der Waals surface area (Å²) in [6, 6.07) is 18.5. The number of para-hydroxylation sites is 1. The molecule has 0 aromatic heterocycles. The van der Waals surface area contributed by atoms with Gasteiger partial charge in [-0.05, 0) is 38.4 Å². The Balaban J connectivity index is 2.37. The van der Waals surface area contributed by atoms with Gasteiger partial charge in [0, 0.05) is 0 Å². The molecule has 0 heterocycles. The van der Waals surface area contributed by atoms with Gasteiger partial charge in [-0.25, -0.2) is 4.67 Å². The van der Waals surface area contributed by atoms with Crippen LogP contribution in [0.2, 0.25) is 0 Å². The Morgan fingerprint density at radius 1 is 0.889 bits per heavy atom. The number of hydrogen-bond donors (Lipinski definition) is 0. The van der Waals surface area contributed by atoms with E-state index in [1.54, 1.807) is 30.9 Å². The van der Waals surface area contributed by atoms with Gasteiger partial charge in [0.05, 0.1) is 5.30 Å². The van der Waals surface area contributed by atoms with Crippen molar-refractivity contribution in [2.75, 3.05) is 14.1 Å². The van der Waals surface area contributed by atoms with E-state index in [-0.39, 0.29) is 0 Å². The average Bonchev–Trinajstić information content (AvgIpc) is 2.40. The normalized spacial score (nSPS) is 14.2. The molecule has 0 aliphatic carbocycles. The topological polar surface area (TPSA) is 29.5 Å². The Labute approximate surface area is 108 Å². The van der Waals surface area contributed by atoms with Crippen LogP contribution < -0.4 is 9.83 Å². The minimum atomic E-state index is -3.03. The molecule has 2 aromatic rings. The standard InChI is InChI=1S/C14H16NO2P/c1-15(2)18(16,14-11-7-4-8-12-14)17-13-9-5-3-6-10-13/h3-12H,1-2H3. The number of hydrogen-bond acceptors (Lipinski definition) is 2. The molecule has 0 bridgehead atoms. The molecule has 0 aliphatic rings. The second-order valence-corrected chi connectivity index (χ2v) is 6.65. The Hall–Kier alpha value is -1.57. The quantitative estimate of drug-likeness (QED) is 0.792. The van der Waals surface area contributed by atoms with E-state index in [1.807, 2.05) is 48.5 Å². The van der Waals surface area contributed by atoms with E-state index >= 15 is 0 Å². The molecule has 0 saturated carbocycles. The van der Waals surface area contributed by atoms with Crippen LogP contribution in [0.1, 0.15) is 0 Å². The Kier molecular flexibility index (Phi) is 3.85. The third kappa shape index (κ3) is 2.63. The maximum Gasteiger partial charge on any atom is 0.349 e. The molecular weight excluding hydrogens is 245 g/mol. The van der Waals surface area contributed by atoms with Crippen molar-refractivity contribution in [3.63, 3.8) is 0 Å². The fraction of sp³-hybridized carbons (Fsp3) is 0.143. The average molecular weight is 261 g/mol. The highest BCUT2D eigenvalue weighted by Gasteiger charge is 2.30. The fourth-order valence-electron chi connectivity index (χ4n) is 1.61. The van der Waals surface area contributed by atoms with Crippen LogP contribution in [0.5, 0.6) is 5.75 Å². The van der Waals surface area contributed by atoms with Gasteiger partial charge in [0.15, 0.2) is 0 Å². The van der Waals surface area contributed by atoms with Crippen molar-refractivity contribution in [3.05, 3.63) is 60.7 Å². The van der Waals surface area contributed by atoms with E-state index in [0.29, 0.717) is 11.1 Å². The molecule has 0 amide bonds. The highest BCUT2D eigenvalue weighted by atomic mass is 31.2. The van der Waals surface area contributed by atoms with Crippen molar-refractivity contribution in [2.24, 2.45) is 0 Å². The van der Waals surface area contributed by atoms with Crippen LogP contribution >= 0.6 is 7.52 Å². The molecule has 0 spiro atoms. The third-order valence-corrected chi connectivity index (χ3v) is 5.04. The highest BCUT2D eigenvalue weighted by molar-refractivity contribution is 7.65. The molecule has 2 aromatic carbocycles. The monoisotopic (exact) mass is 261 g/mol. The number of nitrogens with zero attached hydrogens (tertiary/aromatic N) is 1. The predicted octanol–water partition coefficient (Wildman–Crippen LogP) is 3.15. The molecule has 4 heteroatoms. The lowest BCUT2D eigenvalue weighted by Crippen LogP contribution is -2.22. The molecular formula is C14H16NO2P. The Morgan fingerprint density at radius 3 is 1.89 bits per heavy atom. The molecule has 1 unspecified atom stereocenters. The van der Waals surface area contributed by atoms with Crippen molar-refractivity contribution < 1.29 is 9.09 Å². The summed E-state index contributed by atoms with van der Waals surface area (Å²) in [7, 11) is 0.489. The first-order valence-corrected chi connectivity index (χ1v) is 7.29. The zero-order valence-corrected chi connectivity index (χ0v) is 11.4. The second-order valence-electron chi connectivity index (χ2n) is 4.11. The summed E-state index contributed by atoms with van der Waals surface area (Å²) in [5, 5.41) is 0.693. The number of benzene rings is 2. The first-order chi connectivity index (χ1) is 8.63. The summed E-state index contributed by atoms with van der Waals surface area (Å²) in [5.74, 6) is 0.610. The number of rotatable bonds is 4. The van der Waals surface area contributed by atoms with Crippen LogP contribution in [0.15, 0.2) is 60.7 Å². The van der Waals surface area contributed by atoms with Gasteiger partial charge < -0.3 is 4.52 Å². The van der Waals surface area contributed by atoms with Crippen LogP contribution in [0, 0.1) is 0 Å². The van der Waals surface area contributed by atoms with Gasteiger partial charge >= 0.3 is 7.52 Å². The SMILES string of the molecule is CN(C)P(=O)(Oc1ccccc1)c1ccccc1. The molecule has 0 N–H and O–H groups in total. The van der Waals surface area contributed by atoms with E-state index in [9.17, 15) is 4.57 Å². The molecule has 0 aliphatic heterocycles. The van der Waals surface area contributed by atoms with Crippen molar-refractivity contribution in [1.82, 2.24) is 4.67 Å². The predicted molar refractivity (Wildman–Crippen MR) is 74.4 cm³/mol. The smallest absolute Gasteiger partial charge is 0.349 e. The molecule has 0 fully saturated rings. The van der Waals surface area contributed by atoms with Gasteiger partial charge in [-0.3, -0.25) is 4.57 Å². The molecule has 0 radical (unpaired) electrons. The van der Waals surface area contributed by atoms with Crippen molar-refractivity contribution in [1.29, 1.82) is 0 Å². The van der Waals surface area contributed by atoms with Gasteiger partial charge in [-0.2, -0.15) is 0 Å². The third-order valence-electron chi connectivity index (χ3n) is 2.58. The Bertz CT molecular complexity index is 540. The summed E-state index contributed by atoms with van der Waals surface area (Å²) in [5.41, 5.74) is 0. The maximum atomic E-state index is 13.0. The minimum Gasteiger partial charge on any atom is -0.430 e. The summed E-state index contributed by atoms with van der Waals surface area (Å²) in [6.45, 7) is 0. The first-order valence-electron chi connectivity index (χ1n) is 5.71. The van der Waals surface area contributed by atoms with Gasteiger partial charge in [0.25, 0.3) is 0 Å². The van der Waals surface area contributed by atoms with Gasteiger partial charge in [-0.15, -0.1) is 0 Å². The van der Waals surface area contributed by atoms with E-state index in [4.69, 9.17) is 4.52 Å². The van der Waals surface area contributed by atoms with Gasteiger partial charge in [-0.1, -0.05) is 36.4 Å². The van der Waals surface area contributed by atoms with Crippen LogP contribution in [0.4, 0.5) is 0 Å². The van der Waals surface area contributed by atoms with E-state index in [1.165, 1.54) is 0 Å². The molecule has 2 rings (SSSR count). The lowest BCUT2D eigenvalue weighted by Gasteiger charge is -2.25. The minimum absolute atomic E-state index is 0.610. The molecule has 1 atom stereocenters. The van der Waals surface area contributed by atoms with Crippen molar-refractivity contribution >= 4 is 12.8 Å². The highest BCUT2D eigenvalue weighted by Crippen LogP contribution is 2.47. The Morgan fingerprint density at radius 2 is 1.39 bits per heavy atom. The fourth-order valence-corrected chi connectivity index (χ4v) is 3.29. The molecule has 18 heavy (non-hydrogen) atoms. The van der Waals surface area contributed by atoms with E-state index in [0.717, 1.165) is 0 Å². The van der Waals surface area contributed by atoms with Gasteiger partial charge in [0.1, 0.15) is 5.75 Å². The summed E-state index contributed by atoms with van der Waals surface area (Å²) >= 11 is 0. The zero-order valence-electron chi connectivity index (χ0n) is 10.5. The zero-order chi connectivity index (χ0) is 13.0. The van der Waals surface area contributed by atoms with Crippen LogP contribution in [-0.2, 0) is 4.57 Å². The van der Waals surface area contributed by atoms with E-state index in [2.05, 4.69) is 0 Å². The molecule has 94 valence electrons. The summed E-state index contributed by atoms with van der Waals surface area (Å²) in [4.78, 5) is 0. The van der Waals surface area contributed by atoms with Crippen LogP contribution in [0.3, 0.4) is 0 Å². The lowest BCUT2D eigenvalue weighted by atomic mass is 10.3.